The van der Waals surface area contributed by atoms with Crippen LogP contribution >= 0.6 is 0 Å². The van der Waals surface area contributed by atoms with E-state index in [-0.39, 0.29) is 0 Å². The van der Waals surface area contributed by atoms with Gasteiger partial charge in [-0.25, -0.2) is 8.78 Å². The lowest BCUT2D eigenvalue weighted by molar-refractivity contribution is 0.153. The molecule has 0 bridgehead atoms. The zero-order chi connectivity index (χ0) is 10.7. The third kappa shape index (κ3) is 3.42. The summed E-state index contributed by atoms with van der Waals surface area (Å²) in [6.07, 6.45) is 7.49. The molecule has 0 heterocycles. The molecule has 0 amide bonds. The van der Waals surface area contributed by atoms with E-state index in [1.54, 1.807) is 0 Å². The largest absolute Gasteiger partial charge is 0.247 e. The zero-order valence-corrected chi connectivity index (χ0v) is 9.43. The molecule has 88 valence electrons. The van der Waals surface area contributed by atoms with Gasteiger partial charge in [-0.2, -0.15) is 0 Å². The predicted octanol–water partition coefficient (Wildman–Crippen LogP) is 4.43. The van der Waals surface area contributed by atoms with E-state index in [1.165, 1.54) is 6.42 Å². The highest BCUT2D eigenvalue weighted by Crippen LogP contribution is 2.36. The van der Waals surface area contributed by atoms with E-state index >= 15 is 0 Å². The van der Waals surface area contributed by atoms with Crippen molar-refractivity contribution >= 4 is 0 Å². The number of hydrogen-bond donors (Lipinski definition) is 0. The lowest BCUT2D eigenvalue weighted by Crippen LogP contribution is -2.21. The van der Waals surface area contributed by atoms with Crippen molar-refractivity contribution in [3.05, 3.63) is 0 Å². The minimum atomic E-state index is -0.539. The maximum atomic E-state index is 12.9. The fraction of sp³-hybridized carbons (Fsp3) is 1.00. The molecule has 2 fully saturated rings. The minimum Gasteiger partial charge on any atom is -0.247 e. The Morgan fingerprint density at radius 1 is 0.600 bits per heavy atom. The van der Waals surface area contributed by atoms with E-state index in [1.807, 2.05) is 0 Å². The van der Waals surface area contributed by atoms with Crippen molar-refractivity contribution in [2.75, 3.05) is 0 Å². The third-order valence-corrected chi connectivity index (χ3v) is 4.22. The van der Waals surface area contributed by atoms with Gasteiger partial charge in [0.25, 0.3) is 0 Å². The Bertz CT molecular complexity index is 157. The molecule has 15 heavy (non-hydrogen) atoms. The van der Waals surface area contributed by atoms with Gasteiger partial charge in [-0.15, -0.1) is 0 Å². The van der Waals surface area contributed by atoms with Gasteiger partial charge in [0.05, 0.1) is 0 Å². The van der Waals surface area contributed by atoms with Gasteiger partial charge in [0.2, 0.25) is 0 Å². The van der Waals surface area contributed by atoms with Gasteiger partial charge in [-0.1, -0.05) is 0 Å². The van der Waals surface area contributed by atoms with Gasteiger partial charge in [0, 0.05) is 0 Å². The molecular formula is C13H22F2. The Kier molecular flexibility index (Phi) is 3.99. The molecule has 0 aromatic carbocycles. The molecule has 2 aliphatic carbocycles. The van der Waals surface area contributed by atoms with E-state index in [2.05, 4.69) is 0 Å². The first-order valence-electron chi connectivity index (χ1n) is 6.52. The molecule has 2 aliphatic rings. The lowest BCUT2D eigenvalue weighted by atomic mass is 9.77. The second-order valence-corrected chi connectivity index (χ2v) is 5.47. The normalized spacial score (nSPS) is 42.8. The van der Waals surface area contributed by atoms with Crippen molar-refractivity contribution < 1.29 is 8.78 Å². The average molecular weight is 216 g/mol. The minimum absolute atomic E-state index is 0.539. The molecule has 0 radical (unpaired) electrons. The first kappa shape index (κ1) is 11.3. The summed E-state index contributed by atoms with van der Waals surface area (Å²) in [5.41, 5.74) is 0. The summed E-state index contributed by atoms with van der Waals surface area (Å²) in [4.78, 5) is 0. The summed E-state index contributed by atoms with van der Waals surface area (Å²) in [5.74, 6) is 1.47. The fourth-order valence-corrected chi connectivity index (χ4v) is 3.19. The Morgan fingerprint density at radius 2 is 0.933 bits per heavy atom. The number of alkyl halides is 2. The molecule has 0 aromatic heterocycles. The average Bonchev–Trinajstić information content (AvgIpc) is 2.25. The van der Waals surface area contributed by atoms with Gasteiger partial charge in [0.15, 0.2) is 0 Å². The van der Waals surface area contributed by atoms with E-state index in [9.17, 15) is 8.78 Å². The van der Waals surface area contributed by atoms with Gasteiger partial charge >= 0.3 is 0 Å². The highest BCUT2D eigenvalue weighted by molar-refractivity contribution is 4.78. The van der Waals surface area contributed by atoms with Crippen LogP contribution in [0.3, 0.4) is 0 Å². The first-order valence-corrected chi connectivity index (χ1v) is 6.52. The first-order chi connectivity index (χ1) is 7.24. The summed E-state index contributed by atoms with van der Waals surface area (Å²) in [6, 6.07) is 0. The van der Waals surface area contributed by atoms with Crippen LogP contribution in [0.15, 0.2) is 0 Å². The summed E-state index contributed by atoms with van der Waals surface area (Å²) in [5, 5.41) is 0. The molecule has 0 spiro atoms. The molecule has 0 saturated heterocycles. The van der Waals surface area contributed by atoms with Crippen molar-refractivity contribution in [1.82, 2.24) is 0 Å². The number of hydrogen-bond acceptors (Lipinski definition) is 0. The summed E-state index contributed by atoms with van der Waals surface area (Å²) in [6.45, 7) is 0. The Labute approximate surface area is 91.4 Å². The van der Waals surface area contributed by atoms with Crippen molar-refractivity contribution in [2.45, 2.75) is 70.1 Å². The standard InChI is InChI=1S/C13H22F2/c14-12-5-1-10(2-6-12)9-11-3-7-13(15)8-4-11/h10-13H,1-9H2. The van der Waals surface area contributed by atoms with Crippen molar-refractivity contribution in [2.24, 2.45) is 11.8 Å². The molecule has 0 nitrogen and oxygen atoms in total. The maximum absolute atomic E-state index is 12.9. The molecular weight excluding hydrogens is 194 g/mol. The van der Waals surface area contributed by atoms with Crippen LogP contribution in [0.1, 0.15) is 57.8 Å². The second kappa shape index (κ2) is 5.27. The van der Waals surface area contributed by atoms with Crippen LogP contribution in [0.4, 0.5) is 8.78 Å². The quantitative estimate of drug-likeness (QED) is 0.640. The topological polar surface area (TPSA) is 0 Å². The van der Waals surface area contributed by atoms with E-state index < -0.39 is 12.3 Å². The van der Waals surface area contributed by atoms with Crippen LogP contribution in [-0.4, -0.2) is 12.3 Å². The molecule has 2 heteroatoms. The van der Waals surface area contributed by atoms with Crippen LogP contribution < -0.4 is 0 Å². The summed E-state index contributed by atoms with van der Waals surface area (Å²) < 4.78 is 25.9. The zero-order valence-electron chi connectivity index (χ0n) is 9.43. The molecule has 2 saturated carbocycles. The highest BCUT2D eigenvalue weighted by atomic mass is 19.1. The molecule has 2 rings (SSSR count). The van der Waals surface area contributed by atoms with E-state index in [4.69, 9.17) is 0 Å². The smallest absolute Gasteiger partial charge is 0.100 e. The number of halogens is 2. The van der Waals surface area contributed by atoms with Crippen molar-refractivity contribution in [1.29, 1.82) is 0 Å². The maximum Gasteiger partial charge on any atom is 0.100 e. The molecule has 0 aromatic rings. The van der Waals surface area contributed by atoms with Crippen molar-refractivity contribution in [3.63, 3.8) is 0 Å². The van der Waals surface area contributed by atoms with E-state index in [0.717, 1.165) is 63.2 Å². The summed E-state index contributed by atoms with van der Waals surface area (Å²) >= 11 is 0. The van der Waals surface area contributed by atoms with Gasteiger partial charge in [-0.3, -0.25) is 0 Å². The molecule has 0 N–H and O–H groups in total. The van der Waals surface area contributed by atoms with Crippen LogP contribution in [0.5, 0.6) is 0 Å². The van der Waals surface area contributed by atoms with Crippen LogP contribution in [0, 0.1) is 11.8 Å². The van der Waals surface area contributed by atoms with Gasteiger partial charge in [0.1, 0.15) is 12.3 Å². The van der Waals surface area contributed by atoms with E-state index in [0.29, 0.717) is 0 Å². The highest BCUT2D eigenvalue weighted by Gasteiger charge is 2.26. The monoisotopic (exact) mass is 216 g/mol. The van der Waals surface area contributed by atoms with Crippen LogP contribution in [0.2, 0.25) is 0 Å². The predicted molar refractivity (Wildman–Crippen MR) is 58.3 cm³/mol. The Balaban J connectivity index is 1.68. The van der Waals surface area contributed by atoms with Crippen molar-refractivity contribution in [3.8, 4) is 0 Å². The molecule has 0 atom stereocenters. The van der Waals surface area contributed by atoms with Crippen LogP contribution in [0.25, 0.3) is 0 Å². The number of rotatable bonds is 2. The van der Waals surface area contributed by atoms with Crippen LogP contribution in [-0.2, 0) is 0 Å². The molecule has 0 aliphatic heterocycles. The SMILES string of the molecule is FC1CCC(CC2CCC(F)CC2)CC1. The second-order valence-electron chi connectivity index (χ2n) is 5.47. The fourth-order valence-electron chi connectivity index (χ4n) is 3.19. The lowest BCUT2D eigenvalue weighted by Gasteiger charge is -2.30. The third-order valence-electron chi connectivity index (χ3n) is 4.22. The van der Waals surface area contributed by atoms with Gasteiger partial charge in [-0.05, 0) is 69.6 Å². The van der Waals surface area contributed by atoms with Gasteiger partial charge < -0.3 is 0 Å². The Hall–Kier alpha value is -0.140. The molecule has 0 unspecified atom stereocenters. The summed E-state index contributed by atoms with van der Waals surface area (Å²) in [7, 11) is 0. The Morgan fingerprint density at radius 3 is 1.27 bits per heavy atom.